The van der Waals surface area contributed by atoms with E-state index in [1.165, 1.54) is 0 Å². The van der Waals surface area contributed by atoms with E-state index in [-0.39, 0.29) is 0 Å². The predicted octanol–water partition coefficient (Wildman–Crippen LogP) is -1.02. The Kier molecular flexibility index (Phi) is 1.48. The molecule has 4 nitrogen and oxygen atoms in total. The highest BCUT2D eigenvalue weighted by molar-refractivity contribution is 4.82. The van der Waals surface area contributed by atoms with Crippen molar-refractivity contribution in [3.8, 4) is 0 Å². The summed E-state index contributed by atoms with van der Waals surface area (Å²) < 4.78 is 4.86. The molecule has 0 bridgehead atoms. The summed E-state index contributed by atoms with van der Waals surface area (Å²) in [5, 5.41) is 20.2. The van der Waals surface area contributed by atoms with Crippen LogP contribution in [0.1, 0.15) is 13.8 Å². The van der Waals surface area contributed by atoms with Crippen molar-refractivity contribution in [3.05, 3.63) is 0 Å². The van der Waals surface area contributed by atoms with E-state index in [4.69, 9.17) is 14.9 Å². The van der Waals surface area contributed by atoms with Gasteiger partial charge in [0.15, 0.2) is 0 Å². The monoisotopic (exact) mass is 133 g/mol. The number of hydrogen-bond donors (Lipinski definition) is 3. The van der Waals surface area contributed by atoms with Gasteiger partial charge in [-0.1, -0.05) is 0 Å². The Labute approximate surface area is 53.4 Å². The number of ether oxygens (including phenoxy) is 1. The lowest BCUT2D eigenvalue weighted by Gasteiger charge is -2.18. The van der Waals surface area contributed by atoms with Crippen molar-refractivity contribution in [1.82, 2.24) is 5.32 Å². The van der Waals surface area contributed by atoms with Crippen LogP contribution in [0.2, 0.25) is 0 Å². The molecule has 54 valence electrons. The second-order valence-corrected chi connectivity index (χ2v) is 2.64. The highest BCUT2D eigenvalue weighted by Gasteiger charge is 2.38. The molecule has 2 unspecified atom stereocenters. The molecule has 0 aromatic rings. The highest BCUT2D eigenvalue weighted by Crippen LogP contribution is 2.20. The Morgan fingerprint density at radius 2 is 2.00 bits per heavy atom. The number of rotatable bonds is 0. The van der Waals surface area contributed by atoms with Crippen molar-refractivity contribution in [2.45, 2.75) is 32.1 Å². The Bertz CT molecular complexity index is 115. The molecule has 1 saturated heterocycles. The van der Waals surface area contributed by atoms with Gasteiger partial charge in [-0.2, -0.15) is 0 Å². The van der Waals surface area contributed by atoms with Crippen LogP contribution in [-0.2, 0) is 4.74 Å². The van der Waals surface area contributed by atoms with Gasteiger partial charge in [-0.15, -0.1) is 0 Å². The summed E-state index contributed by atoms with van der Waals surface area (Å²) in [6.45, 7) is 3.39. The molecule has 1 aliphatic heterocycles. The molecule has 0 aliphatic carbocycles. The van der Waals surface area contributed by atoms with Crippen molar-refractivity contribution in [2.75, 3.05) is 0 Å². The van der Waals surface area contributed by atoms with E-state index in [0.717, 1.165) is 0 Å². The molecule has 9 heavy (non-hydrogen) atoms. The van der Waals surface area contributed by atoms with Crippen molar-refractivity contribution < 1.29 is 14.9 Å². The summed E-state index contributed by atoms with van der Waals surface area (Å²) in [4.78, 5) is 0. The number of aliphatic hydroxyl groups excluding tert-OH is 2. The Balaban J connectivity index is 2.58. The molecule has 1 heterocycles. The summed E-state index contributed by atoms with van der Waals surface area (Å²) in [6.07, 6.45) is -1.82. The second-order valence-electron chi connectivity index (χ2n) is 2.64. The molecule has 1 rings (SSSR count). The molecule has 0 amide bonds. The first-order chi connectivity index (χ1) is 4.02. The predicted molar refractivity (Wildman–Crippen MR) is 30.3 cm³/mol. The molecule has 0 saturated carbocycles. The van der Waals surface area contributed by atoms with Gasteiger partial charge in [0.25, 0.3) is 0 Å². The first-order valence-electron chi connectivity index (χ1n) is 2.82. The highest BCUT2D eigenvalue weighted by atomic mass is 16.7. The third-order valence-corrected chi connectivity index (χ3v) is 1.37. The van der Waals surface area contributed by atoms with Crippen molar-refractivity contribution in [1.29, 1.82) is 0 Å². The van der Waals surface area contributed by atoms with Crippen LogP contribution in [0.5, 0.6) is 0 Å². The number of nitrogens with one attached hydrogen (secondary N) is 1. The van der Waals surface area contributed by atoms with Crippen molar-refractivity contribution in [3.63, 3.8) is 0 Å². The van der Waals surface area contributed by atoms with E-state index >= 15 is 0 Å². The molecule has 3 N–H and O–H groups in total. The maximum Gasteiger partial charge on any atom is 0.216 e. The maximum absolute atomic E-state index is 9.03. The van der Waals surface area contributed by atoms with E-state index < -0.39 is 18.2 Å². The van der Waals surface area contributed by atoms with E-state index in [9.17, 15) is 0 Å². The molecule has 2 atom stereocenters. The van der Waals surface area contributed by atoms with Crippen LogP contribution in [0.3, 0.4) is 0 Å². The first kappa shape index (κ1) is 6.95. The fraction of sp³-hybridized carbons (Fsp3) is 1.00. The first-order valence-corrected chi connectivity index (χ1v) is 2.82. The Morgan fingerprint density at radius 1 is 1.44 bits per heavy atom. The zero-order valence-corrected chi connectivity index (χ0v) is 5.46. The smallest absolute Gasteiger partial charge is 0.216 e. The van der Waals surface area contributed by atoms with Crippen LogP contribution >= 0.6 is 0 Å². The standard InChI is InChI=1S/C5H11NO3/c1-5(2)3(7)6-4(8)9-5/h3-4,6-8H,1-2H3. The van der Waals surface area contributed by atoms with Crippen molar-refractivity contribution >= 4 is 0 Å². The molecule has 0 aromatic carbocycles. The van der Waals surface area contributed by atoms with Gasteiger partial charge < -0.3 is 14.9 Å². The van der Waals surface area contributed by atoms with Gasteiger partial charge in [-0.05, 0) is 13.8 Å². The van der Waals surface area contributed by atoms with Crippen molar-refractivity contribution in [2.24, 2.45) is 0 Å². The fourth-order valence-electron chi connectivity index (χ4n) is 0.722. The van der Waals surface area contributed by atoms with E-state index in [1.807, 2.05) is 0 Å². The summed E-state index contributed by atoms with van der Waals surface area (Å²) in [6, 6.07) is 0. The fourth-order valence-corrected chi connectivity index (χ4v) is 0.722. The minimum Gasteiger partial charge on any atom is -0.375 e. The minimum absolute atomic E-state index is 0.681. The van der Waals surface area contributed by atoms with Gasteiger partial charge in [-0.25, -0.2) is 5.32 Å². The zero-order chi connectivity index (χ0) is 7.07. The van der Waals surface area contributed by atoms with Gasteiger partial charge in [0.05, 0.1) is 0 Å². The van der Waals surface area contributed by atoms with Crippen LogP contribution in [0.25, 0.3) is 0 Å². The number of aliphatic hydroxyl groups is 2. The van der Waals surface area contributed by atoms with Crippen LogP contribution in [-0.4, -0.2) is 28.5 Å². The summed E-state index contributed by atoms with van der Waals surface area (Å²) >= 11 is 0. The van der Waals surface area contributed by atoms with Crippen LogP contribution in [0.15, 0.2) is 0 Å². The topological polar surface area (TPSA) is 61.7 Å². The van der Waals surface area contributed by atoms with E-state index in [2.05, 4.69) is 5.32 Å². The Morgan fingerprint density at radius 3 is 2.11 bits per heavy atom. The maximum atomic E-state index is 9.03. The summed E-state index contributed by atoms with van der Waals surface area (Å²) in [5.41, 5.74) is -0.681. The van der Waals surface area contributed by atoms with E-state index in [1.54, 1.807) is 13.8 Å². The molecule has 0 radical (unpaired) electrons. The molecular weight excluding hydrogens is 122 g/mol. The van der Waals surface area contributed by atoms with E-state index in [0.29, 0.717) is 0 Å². The molecular formula is C5H11NO3. The zero-order valence-electron chi connectivity index (χ0n) is 5.46. The third kappa shape index (κ3) is 1.21. The summed E-state index contributed by atoms with van der Waals surface area (Å²) in [5.74, 6) is 0. The second kappa shape index (κ2) is 1.91. The minimum atomic E-state index is -1.03. The lowest BCUT2D eigenvalue weighted by Crippen LogP contribution is -2.38. The molecule has 0 aromatic heterocycles. The van der Waals surface area contributed by atoms with Crippen LogP contribution < -0.4 is 5.32 Å². The summed E-state index contributed by atoms with van der Waals surface area (Å²) in [7, 11) is 0. The quantitative estimate of drug-likeness (QED) is 0.396. The third-order valence-electron chi connectivity index (χ3n) is 1.37. The average Bonchev–Trinajstić information content (AvgIpc) is 1.79. The largest absolute Gasteiger partial charge is 0.375 e. The van der Waals surface area contributed by atoms with Crippen LogP contribution in [0.4, 0.5) is 0 Å². The Hall–Kier alpha value is -0.160. The van der Waals surface area contributed by atoms with Gasteiger partial charge in [0.1, 0.15) is 11.8 Å². The number of hydrogen-bond acceptors (Lipinski definition) is 4. The van der Waals surface area contributed by atoms with Gasteiger partial charge in [0.2, 0.25) is 6.41 Å². The van der Waals surface area contributed by atoms with Gasteiger partial charge >= 0.3 is 0 Å². The molecule has 1 aliphatic rings. The SMILES string of the molecule is CC1(C)OC(O)NC1O. The lowest BCUT2D eigenvalue weighted by molar-refractivity contribution is -0.137. The molecule has 0 spiro atoms. The normalized spacial score (nSPS) is 41.3. The van der Waals surface area contributed by atoms with Gasteiger partial charge in [0, 0.05) is 0 Å². The average molecular weight is 133 g/mol. The van der Waals surface area contributed by atoms with Gasteiger partial charge in [-0.3, -0.25) is 0 Å². The van der Waals surface area contributed by atoms with Crippen LogP contribution in [0, 0.1) is 0 Å². The molecule has 4 heteroatoms. The lowest BCUT2D eigenvalue weighted by atomic mass is 10.1. The molecule has 1 fully saturated rings.